The van der Waals surface area contributed by atoms with Crippen molar-refractivity contribution in [3.05, 3.63) is 59.9 Å². The van der Waals surface area contributed by atoms with Crippen LogP contribution in [0.3, 0.4) is 0 Å². The second kappa shape index (κ2) is 7.04. The minimum Gasteiger partial charge on any atom is -0.444 e. The zero-order valence-electron chi connectivity index (χ0n) is 13.7. The Balaban J connectivity index is 2.05. The molecule has 0 aliphatic heterocycles. The fourth-order valence-electron chi connectivity index (χ4n) is 1.87. The third-order valence-electron chi connectivity index (χ3n) is 2.90. The van der Waals surface area contributed by atoms with Crippen LogP contribution in [0.2, 0.25) is 0 Å². The lowest BCUT2D eigenvalue weighted by molar-refractivity contribution is 0.0635. The minimum atomic E-state index is -0.677. The summed E-state index contributed by atoms with van der Waals surface area (Å²) in [6.07, 6.45) is 0.861. The Morgan fingerprint density at radius 2 is 1.62 bits per heavy atom. The zero-order chi connectivity index (χ0) is 17.7. The second-order valence-electron chi connectivity index (χ2n) is 6.08. The Morgan fingerprint density at radius 1 is 0.958 bits per heavy atom. The van der Waals surface area contributed by atoms with Crippen LogP contribution in [0, 0.1) is 0 Å². The molecule has 1 heterocycles. The van der Waals surface area contributed by atoms with Crippen molar-refractivity contribution < 1.29 is 19.1 Å². The smallest absolute Gasteiger partial charge is 0.412 e. The van der Waals surface area contributed by atoms with Gasteiger partial charge in [-0.05, 0) is 57.2 Å². The quantitative estimate of drug-likeness (QED) is 0.686. The summed E-state index contributed by atoms with van der Waals surface area (Å²) in [6, 6.07) is 10.8. The third kappa shape index (κ3) is 4.74. The van der Waals surface area contributed by atoms with Gasteiger partial charge in [0.2, 0.25) is 5.78 Å². The van der Waals surface area contributed by atoms with Crippen LogP contribution >= 0.6 is 0 Å². The monoisotopic (exact) mass is 326 g/mol. The van der Waals surface area contributed by atoms with Crippen molar-refractivity contribution in [2.24, 2.45) is 0 Å². The SMILES string of the molecule is CC(C)(C)OC(=O)Nc1ccc(C(=O)C(=O)c2ccccn2)cc1. The van der Waals surface area contributed by atoms with E-state index in [9.17, 15) is 14.4 Å². The number of anilines is 1. The summed E-state index contributed by atoms with van der Waals surface area (Å²) in [7, 11) is 0. The van der Waals surface area contributed by atoms with Gasteiger partial charge in [-0.1, -0.05) is 6.07 Å². The molecule has 0 saturated heterocycles. The van der Waals surface area contributed by atoms with Gasteiger partial charge in [0.25, 0.3) is 5.78 Å². The van der Waals surface area contributed by atoms with Crippen molar-refractivity contribution >= 4 is 23.3 Å². The van der Waals surface area contributed by atoms with E-state index in [-0.39, 0.29) is 11.3 Å². The second-order valence-corrected chi connectivity index (χ2v) is 6.08. The number of pyridine rings is 1. The molecule has 0 fully saturated rings. The van der Waals surface area contributed by atoms with E-state index in [1.165, 1.54) is 36.5 Å². The van der Waals surface area contributed by atoms with E-state index in [2.05, 4.69) is 10.3 Å². The maximum atomic E-state index is 12.2. The predicted molar refractivity (Wildman–Crippen MR) is 89.2 cm³/mol. The number of nitrogens with one attached hydrogen (secondary N) is 1. The average Bonchev–Trinajstić information content (AvgIpc) is 2.53. The van der Waals surface area contributed by atoms with Gasteiger partial charge in [0.05, 0.1) is 0 Å². The van der Waals surface area contributed by atoms with Gasteiger partial charge in [-0.15, -0.1) is 0 Å². The molecule has 6 heteroatoms. The Labute approximate surface area is 139 Å². The summed E-state index contributed by atoms with van der Waals surface area (Å²) in [5.41, 5.74) is 0.180. The maximum Gasteiger partial charge on any atom is 0.412 e. The lowest BCUT2D eigenvalue weighted by atomic mass is 10.0. The molecular formula is C18H18N2O4. The van der Waals surface area contributed by atoms with Crippen molar-refractivity contribution in [3.8, 4) is 0 Å². The molecule has 1 aromatic heterocycles. The Bertz CT molecular complexity index is 747. The van der Waals surface area contributed by atoms with Crippen LogP contribution in [0.5, 0.6) is 0 Å². The molecule has 1 aromatic carbocycles. The summed E-state index contributed by atoms with van der Waals surface area (Å²) in [4.78, 5) is 39.8. The van der Waals surface area contributed by atoms with Gasteiger partial charge < -0.3 is 4.74 Å². The number of aromatic nitrogens is 1. The molecule has 1 amide bonds. The van der Waals surface area contributed by atoms with E-state index in [0.29, 0.717) is 5.69 Å². The molecule has 0 bridgehead atoms. The Morgan fingerprint density at radius 3 is 2.17 bits per heavy atom. The van der Waals surface area contributed by atoms with Gasteiger partial charge in [0.15, 0.2) is 0 Å². The molecule has 0 atom stereocenters. The molecule has 0 radical (unpaired) electrons. The third-order valence-corrected chi connectivity index (χ3v) is 2.90. The highest BCUT2D eigenvalue weighted by Crippen LogP contribution is 2.14. The fourth-order valence-corrected chi connectivity index (χ4v) is 1.87. The van der Waals surface area contributed by atoms with Crippen molar-refractivity contribution in [2.75, 3.05) is 5.32 Å². The van der Waals surface area contributed by atoms with Crippen molar-refractivity contribution in [3.63, 3.8) is 0 Å². The van der Waals surface area contributed by atoms with Crippen molar-refractivity contribution in [1.29, 1.82) is 0 Å². The van der Waals surface area contributed by atoms with E-state index >= 15 is 0 Å². The molecular weight excluding hydrogens is 308 g/mol. The summed E-state index contributed by atoms with van der Waals surface area (Å²) in [5, 5.41) is 2.56. The number of carbonyl (C=O) groups excluding carboxylic acids is 3. The van der Waals surface area contributed by atoms with Gasteiger partial charge >= 0.3 is 6.09 Å². The molecule has 0 aliphatic rings. The van der Waals surface area contributed by atoms with Crippen LogP contribution < -0.4 is 5.32 Å². The highest BCUT2D eigenvalue weighted by atomic mass is 16.6. The molecule has 0 aliphatic carbocycles. The highest BCUT2D eigenvalue weighted by Gasteiger charge is 2.20. The summed E-state index contributed by atoms with van der Waals surface area (Å²) in [6.45, 7) is 5.28. The number of ketones is 2. The van der Waals surface area contributed by atoms with Crippen LogP contribution in [-0.4, -0.2) is 28.2 Å². The molecule has 0 unspecified atom stereocenters. The van der Waals surface area contributed by atoms with Crippen molar-refractivity contribution in [2.45, 2.75) is 26.4 Å². The molecule has 124 valence electrons. The zero-order valence-corrected chi connectivity index (χ0v) is 13.7. The molecule has 0 saturated carbocycles. The lowest BCUT2D eigenvalue weighted by Crippen LogP contribution is -2.27. The molecule has 24 heavy (non-hydrogen) atoms. The van der Waals surface area contributed by atoms with E-state index in [1.54, 1.807) is 32.9 Å². The minimum absolute atomic E-state index is 0.0958. The van der Waals surface area contributed by atoms with Gasteiger partial charge in [0, 0.05) is 17.4 Å². The first-order valence-corrected chi connectivity index (χ1v) is 7.36. The molecule has 2 rings (SSSR count). The average molecular weight is 326 g/mol. The summed E-state index contributed by atoms with van der Waals surface area (Å²) < 4.78 is 5.14. The molecule has 0 spiro atoms. The summed E-state index contributed by atoms with van der Waals surface area (Å²) in [5.74, 6) is -1.33. The number of Topliss-reactive ketones (excluding diaryl/α,β-unsaturated/α-hetero) is 2. The van der Waals surface area contributed by atoms with Gasteiger partial charge in [-0.2, -0.15) is 0 Å². The number of benzene rings is 1. The first-order valence-electron chi connectivity index (χ1n) is 7.36. The van der Waals surface area contributed by atoms with E-state index in [0.717, 1.165) is 0 Å². The molecule has 1 N–H and O–H groups in total. The topological polar surface area (TPSA) is 85.4 Å². The summed E-state index contributed by atoms with van der Waals surface area (Å²) >= 11 is 0. The predicted octanol–water partition coefficient (Wildman–Crippen LogP) is 3.49. The van der Waals surface area contributed by atoms with E-state index < -0.39 is 23.3 Å². The van der Waals surface area contributed by atoms with Crippen LogP contribution in [0.1, 0.15) is 41.6 Å². The number of nitrogens with zero attached hydrogens (tertiary/aromatic N) is 1. The van der Waals surface area contributed by atoms with Crippen LogP contribution in [-0.2, 0) is 4.74 Å². The number of hydrogen-bond donors (Lipinski definition) is 1. The van der Waals surface area contributed by atoms with Crippen molar-refractivity contribution in [1.82, 2.24) is 4.98 Å². The Hall–Kier alpha value is -3.02. The maximum absolute atomic E-state index is 12.2. The van der Waals surface area contributed by atoms with Gasteiger partial charge in [0.1, 0.15) is 11.3 Å². The fraction of sp³-hybridized carbons (Fsp3) is 0.222. The molecule has 6 nitrogen and oxygen atoms in total. The van der Waals surface area contributed by atoms with Crippen LogP contribution in [0.15, 0.2) is 48.7 Å². The first-order chi connectivity index (χ1) is 11.3. The van der Waals surface area contributed by atoms with E-state index in [4.69, 9.17) is 4.74 Å². The number of ether oxygens (including phenoxy) is 1. The van der Waals surface area contributed by atoms with E-state index in [1.807, 2.05) is 0 Å². The van der Waals surface area contributed by atoms with Crippen LogP contribution in [0.25, 0.3) is 0 Å². The lowest BCUT2D eigenvalue weighted by Gasteiger charge is -2.19. The first kappa shape index (κ1) is 17.3. The number of carbonyl (C=O) groups is 3. The normalized spacial score (nSPS) is 10.8. The number of hydrogen-bond acceptors (Lipinski definition) is 5. The van der Waals surface area contributed by atoms with Gasteiger partial charge in [-0.25, -0.2) is 4.79 Å². The van der Waals surface area contributed by atoms with Gasteiger partial charge in [-0.3, -0.25) is 19.9 Å². The number of amides is 1. The standard InChI is InChI=1S/C18H18N2O4/c1-18(2,3)24-17(23)20-13-9-7-12(8-10-13)15(21)16(22)14-6-4-5-11-19-14/h4-11H,1-3H3,(H,20,23). The van der Waals surface area contributed by atoms with Crippen LogP contribution in [0.4, 0.5) is 10.5 Å². The molecule has 2 aromatic rings. The highest BCUT2D eigenvalue weighted by molar-refractivity contribution is 6.48. The number of rotatable bonds is 4. The Kier molecular flexibility index (Phi) is 5.08. The largest absolute Gasteiger partial charge is 0.444 e.